The Hall–Kier alpha value is -0.590. The number of hydrogen-bond acceptors (Lipinski definition) is 1. The Balaban J connectivity index is 2.84. The monoisotopic (exact) mass is 166 g/mol. The van der Waals surface area contributed by atoms with Gasteiger partial charge in [-0.1, -0.05) is 32.4 Å². The van der Waals surface area contributed by atoms with Crippen molar-refractivity contribution in [3.05, 3.63) is 11.6 Å². The predicted molar refractivity (Wildman–Crippen MR) is 50.9 cm³/mol. The third-order valence-corrected chi connectivity index (χ3v) is 2.85. The van der Waals surface area contributed by atoms with Gasteiger partial charge in [-0.05, 0) is 24.7 Å². The second-order valence-corrected chi connectivity index (χ2v) is 4.36. The average Bonchev–Trinajstić information content (AvgIpc) is 2.02. The topological polar surface area (TPSA) is 17.1 Å². The van der Waals surface area contributed by atoms with Gasteiger partial charge in [-0.2, -0.15) is 0 Å². The van der Waals surface area contributed by atoms with Gasteiger partial charge in [0.25, 0.3) is 0 Å². The summed E-state index contributed by atoms with van der Waals surface area (Å²) in [6.07, 6.45) is 6.94. The molecule has 0 saturated heterocycles. The SMILES string of the molecule is CC(C=O)C1=CCCCC1(C)C. The predicted octanol–water partition coefficient (Wildman–Crippen LogP) is 2.96. The molecular formula is C11H18O. The van der Waals surface area contributed by atoms with E-state index >= 15 is 0 Å². The lowest BCUT2D eigenvalue weighted by molar-refractivity contribution is -0.110. The van der Waals surface area contributed by atoms with Crippen LogP contribution in [0.5, 0.6) is 0 Å². The molecule has 12 heavy (non-hydrogen) atoms. The quantitative estimate of drug-likeness (QED) is 0.455. The van der Waals surface area contributed by atoms with E-state index in [4.69, 9.17) is 0 Å². The van der Waals surface area contributed by atoms with Crippen LogP contribution in [-0.4, -0.2) is 6.29 Å². The molecule has 1 rings (SSSR count). The number of allylic oxidation sites excluding steroid dienone is 2. The molecular weight excluding hydrogens is 148 g/mol. The Kier molecular flexibility index (Phi) is 2.71. The van der Waals surface area contributed by atoms with E-state index in [1.54, 1.807) is 0 Å². The van der Waals surface area contributed by atoms with Crippen LogP contribution in [0.3, 0.4) is 0 Å². The van der Waals surface area contributed by atoms with Gasteiger partial charge in [-0.25, -0.2) is 0 Å². The van der Waals surface area contributed by atoms with E-state index < -0.39 is 0 Å². The van der Waals surface area contributed by atoms with Gasteiger partial charge in [0.1, 0.15) is 6.29 Å². The number of carbonyl (C=O) groups excluding carboxylic acids is 1. The summed E-state index contributed by atoms with van der Waals surface area (Å²) in [5.41, 5.74) is 1.59. The third-order valence-electron chi connectivity index (χ3n) is 2.85. The molecule has 0 heterocycles. The van der Waals surface area contributed by atoms with Crippen LogP contribution in [0.4, 0.5) is 0 Å². The summed E-state index contributed by atoms with van der Waals surface area (Å²) in [4.78, 5) is 10.7. The van der Waals surface area contributed by atoms with Crippen molar-refractivity contribution in [2.75, 3.05) is 0 Å². The lowest BCUT2D eigenvalue weighted by Gasteiger charge is -2.33. The molecule has 1 aliphatic carbocycles. The van der Waals surface area contributed by atoms with Gasteiger partial charge in [-0.3, -0.25) is 0 Å². The Morgan fingerprint density at radius 2 is 2.25 bits per heavy atom. The van der Waals surface area contributed by atoms with E-state index in [-0.39, 0.29) is 11.3 Å². The summed E-state index contributed by atoms with van der Waals surface area (Å²) in [5, 5.41) is 0. The molecule has 1 nitrogen and oxygen atoms in total. The van der Waals surface area contributed by atoms with E-state index in [1.807, 2.05) is 6.92 Å². The standard InChI is InChI=1S/C11H18O/c1-9(8-12)10-6-4-5-7-11(10,2)3/h6,8-9H,4-5,7H2,1-3H3. The van der Waals surface area contributed by atoms with E-state index in [0.29, 0.717) is 0 Å². The highest BCUT2D eigenvalue weighted by Crippen LogP contribution is 2.39. The molecule has 1 heteroatoms. The maximum absolute atomic E-state index is 10.7. The number of hydrogen-bond donors (Lipinski definition) is 0. The van der Waals surface area contributed by atoms with Crippen LogP contribution >= 0.6 is 0 Å². The second kappa shape index (κ2) is 3.42. The zero-order chi connectivity index (χ0) is 9.19. The van der Waals surface area contributed by atoms with E-state index in [1.165, 1.54) is 18.4 Å². The van der Waals surface area contributed by atoms with Gasteiger partial charge in [0, 0.05) is 5.92 Å². The van der Waals surface area contributed by atoms with Crippen LogP contribution in [0.1, 0.15) is 40.0 Å². The van der Waals surface area contributed by atoms with Crippen molar-refractivity contribution in [2.24, 2.45) is 11.3 Å². The smallest absolute Gasteiger partial charge is 0.126 e. The van der Waals surface area contributed by atoms with Crippen molar-refractivity contribution in [1.29, 1.82) is 0 Å². The van der Waals surface area contributed by atoms with Crippen LogP contribution in [-0.2, 0) is 4.79 Å². The highest BCUT2D eigenvalue weighted by atomic mass is 16.1. The Bertz CT molecular complexity index is 201. The normalized spacial score (nSPS) is 24.4. The summed E-state index contributed by atoms with van der Waals surface area (Å²) in [6.45, 7) is 6.46. The first kappa shape index (κ1) is 9.50. The molecule has 0 aliphatic heterocycles. The lowest BCUT2D eigenvalue weighted by atomic mass is 9.71. The maximum Gasteiger partial charge on any atom is 0.126 e. The van der Waals surface area contributed by atoms with Gasteiger partial charge in [0.15, 0.2) is 0 Å². The van der Waals surface area contributed by atoms with Crippen LogP contribution in [0.15, 0.2) is 11.6 Å². The fourth-order valence-electron chi connectivity index (χ4n) is 2.10. The minimum absolute atomic E-state index is 0.111. The molecule has 0 radical (unpaired) electrons. The van der Waals surface area contributed by atoms with E-state index in [9.17, 15) is 4.79 Å². The molecule has 0 saturated carbocycles. The first-order chi connectivity index (χ1) is 5.58. The van der Waals surface area contributed by atoms with Crippen molar-refractivity contribution in [3.63, 3.8) is 0 Å². The van der Waals surface area contributed by atoms with Gasteiger partial charge < -0.3 is 4.79 Å². The fourth-order valence-corrected chi connectivity index (χ4v) is 2.10. The molecule has 0 spiro atoms. The molecule has 0 aromatic rings. The molecule has 1 unspecified atom stereocenters. The van der Waals surface area contributed by atoms with Gasteiger partial charge >= 0.3 is 0 Å². The largest absolute Gasteiger partial charge is 0.303 e. The van der Waals surface area contributed by atoms with Crippen LogP contribution in [0.25, 0.3) is 0 Å². The zero-order valence-corrected chi connectivity index (χ0v) is 8.26. The average molecular weight is 166 g/mol. The third kappa shape index (κ3) is 1.77. The molecule has 0 fully saturated rings. The lowest BCUT2D eigenvalue weighted by Crippen LogP contribution is -2.23. The van der Waals surface area contributed by atoms with Gasteiger partial charge in [0.2, 0.25) is 0 Å². The van der Waals surface area contributed by atoms with Crippen molar-refractivity contribution < 1.29 is 4.79 Å². The van der Waals surface area contributed by atoms with Gasteiger partial charge in [0.05, 0.1) is 0 Å². The Morgan fingerprint density at radius 1 is 1.58 bits per heavy atom. The molecule has 0 N–H and O–H groups in total. The highest BCUT2D eigenvalue weighted by Gasteiger charge is 2.28. The summed E-state index contributed by atoms with van der Waals surface area (Å²) < 4.78 is 0. The van der Waals surface area contributed by atoms with Crippen molar-refractivity contribution >= 4 is 6.29 Å². The molecule has 1 aliphatic rings. The van der Waals surface area contributed by atoms with Crippen LogP contribution < -0.4 is 0 Å². The summed E-state index contributed by atoms with van der Waals surface area (Å²) >= 11 is 0. The van der Waals surface area contributed by atoms with Crippen molar-refractivity contribution in [2.45, 2.75) is 40.0 Å². The van der Waals surface area contributed by atoms with Crippen molar-refractivity contribution in [1.82, 2.24) is 0 Å². The minimum Gasteiger partial charge on any atom is -0.303 e. The Labute approximate surface area is 74.9 Å². The summed E-state index contributed by atoms with van der Waals surface area (Å²) in [7, 11) is 0. The fraction of sp³-hybridized carbons (Fsp3) is 0.727. The van der Waals surface area contributed by atoms with Crippen LogP contribution in [0, 0.1) is 11.3 Å². The first-order valence-electron chi connectivity index (χ1n) is 4.74. The van der Waals surface area contributed by atoms with Crippen LogP contribution in [0.2, 0.25) is 0 Å². The molecule has 0 bridgehead atoms. The van der Waals surface area contributed by atoms with E-state index in [0.717, 1.165) is 12.7 Å². The summed E-state index contributed by atoms with van der Waals surface area (Å²) in [6, 6.07) is 0. The Morgan fingerprint density at radius 3 is 2.75 bits per heavy atom. The highest BCUT2D eigenvalue weighted by molar-refractivity contribution is 5.59. The van der Waals surface area contributed by atoms with E-state index in [2.05, 4.69) is 19.9 Å². The zero-order valence-electron chi connectivity index (χ0n) is 8.26. The minimum atomic E-state index is 0.111. The molecule has 0 amide bonds. The number of carbonyl (C=O) groups is 1. The molecule has 68 valence electrons. The second-order valence-electron chi connectivity index (χ2n) is 4.36. The molecule has 0 aromatic carbocycles. The number of rotatable bonds is 2. The van der Waals surface area contributed by atoms with Gasteiger partial charge in [-0.15, -0.1) is 0 Å². The molecule has 1 atom stereocenters. The molecule has 0 aromatic heterocycles. The first-order valence-corrected chi connectivity index (χ1v) is 4.74. The maximum atomic E-state index is 10.7. The number of aldehydes is 1. The van der Waals surface area contributed by atoms with Crippen molar-refractivity contribution in [3.8, 4) is 0 Å². The summed E-state index contributed by atoms with van der Waals surface area (Å²) in [5.74, 6) is 0.111.